The van der Waals surface area contributed by atoms with Crippen molar-refractivity contribution in [3.8, 4) is 5.75 Å². The summed E-state index contributed by atoms with van der Waals surface area (Å²) >= 11 is 0. The zero-order valence-electron chi connectivity index (χ0n) is 18.5. The summed E-state index contributed by atoms with van der Waals surface area (Å²) in [5, 5.41) is 2.84. The molecule has 0 saturated carbocycles. The molecule has 172 valence electrons. The predicted octanol–water partition coefficient (Wildman–Crippen LogP) is 3.14. The van der Waals surface area contributed by atoms with E-state index in [1.165, 1.54) is 16.4 Å². The Kier molecular flexibility index (Phi) is 6.96. The normalized spacial score (nSPS) is 14.6. The van der Waals surface area contributed by atoms with Crippen molar-refractivity contribution in [2.75, 3.05) is 38.2 Å². The molecule has 3 aromatic rings. The quantitative estimate of drug-likeness (QED) is 0.580. The number of nitrogens with zero attached hydrogens (tertiary/aromatic N) is 2. The highest BCUT2D eigenvalue weighted by Gasteiger charge is 2.29. The molecule has 1 N–H and O–H groups in total. The van der Waals surface area contributed by atoms with Crippen LogP contribution in [-0.2, 0) is 16.6 Å². The molecule has 1 amide bonds. The number of benzene rings is 3. The number of anilines is 1. The summed E-state index contributed by atoms with van der Waals surface area (Å²) < 4.78 is 33.2. The minimum atomic E-state index is -3.69. The van der Waals surface area contributed by atoms with Crippen molar-refractivity contribution in [1.29, 1.82) is 0 Å². The number of para-hydroxylation sites is 2. The van der Waals surface area contributed by atoms with Gasteiger partial charge in [0.05, 0.1) is 12.0 Å². The molecule has 1 fully saturated rings. The van der Waals surface area contributed by atoms with Gasteiger partial charge in [-0.2, -0.15) is 4.31 Å². The van der Waals surface area contributed by atoms with Crippen LogP contribution in [0.4, 0.5) is 5.69 Å². The standard InChI is InChI=1S/C25H27N3O4S/c1-32-24-13-6-5-8-21(24)19-26-25(29)20-9-7-12-23(18-20)33(30,31)28-16-14-27(15-17-28)22-10-3-2-4-11-22/h2-13,18H,14-17,19H2,1H3,(H,26,29). The van der Waals surface area contributed by atoms with Crippen molar-refractivity contribution in [3.05, 3.63) is 90.0 Å². The number of sulfonamides is 1. The van der Waals surface area contributed by atoms with Crippen LogP contribution in [0.5, 0.6) is 5.75 Å². The van der Waals surface area contributed by atoms with Crippen LogP contribution < -0.4 is 15.0 Å². The van der Waals surface area contributed by atoms with Gasteiger partial charge < -0.3 is 15.0 Å². The Hall–Kier alpha value is -3.36. The van der Waals surface area contributed by atoms with Gasteiger partial charge in [-0.3, -0.25) is 4.79 Å². The third-order valence-electron chi connectivity index (χ3n) is 5.73. The Morgan fingerprint density at radius 1 is 0.909 bits per heavy atom. The fourth-order valence-corrected chi connectivity index (χ4v) is 5.37. The lowest BCUT2D eigenvalue weighted by atomic mass is 10.2. The highest BCUT2D eigenvalue weighted by molar-refractivity contribution is 7.89. The first-order valence-corrected chi connectivity index (χ1v) is 12.2. The van der Waals surface area contributed by atoms with E-state index in [-0.39, 0.29) is 17.3 Å². The van der Waals surface area contributed by atoms with E-state index in [1.54, 1.807) is 19.2 Å². The summed E-state index contributed by atoms with van der Waals surface area (Å²) in [6, 6.07) is 23.6. The van der Waals surface area contributed by atoms with E-state index in [1.807, 2.05) is 54.6 Å². The van der Waals surface area contributed by atoms with E-state index < -0.39 is 10.0 Å². The van der Waals surface area contributed by atoms with Gasteiger partial charge in [-0.05, 0) is 36.4 Å². The number of ether oxygens (including phenoxy) is 1. The second-order valence-electron chi connectivity index (χ2n) is 7.75. The lowest BCUT2D eigenvalue weighted by Crippen LogP contribution is -2.48. The second kappa shape index (κ2) is 10.1. The van der Waals surface area contributed by atoms with Crippen LogP contribution in [0.15, 0.2) is 83.8 Å². The van der Waals surface area contributed by atoms with Crippen molar-refractivity contribution in [1.82, 2.24) is 9.62 Å². The number of hydrogen-bond acceptors (Lipinski definition) is 5. The maximum Gasteiger partial charge on any atom is 0.251 e. The van der Waals surface area contributed by atoms with Crippen LogP contribution in [0.25, 0.3) is 0 Å². The highest BCUT2D eigenvalue weighted by atomic mass is 32.2. The molecule has 0 unspecified atom stereocenters. The SMILES string of the molecule is COc1ccccc1CNC(=O)c1cccc(S(=O)(=O)N2CCN(c3ccccc3)CC2)c1. The molecule has 0 aromatic heterocycles. The van der Waals surface area contributed by atoms with Gasteiger partial charge >= 0.3 is 0 Å². The number of methoxy groups -OCH3 is 1. The average Bonchev–Trinajstić information content (AvgIpc) is 2.88. The summed E-state index contributed by atoms with van der Waals surface area (Å²) in [6.07, 6.45) is 0. The molecular weight excluding hydrogens is 438 g/mol. The van der Waals surface area contributed by atoms with Crippen LogP contribution in [0.2, 0.25) is 0 Å². The van der Waals surface area contributed by atoms with Gasteiger partial charge in [0.2, 0.25) is 10.0 Å². The summed E-state index contributed by atoms with van der Waals surface area (Å²) in [6.45, 7) is 2.29. The number of amides is 1. The molecule has 1 aliphatic heterocycles. The van der Waals surface area contributed by atoms with Crippen molar-refractivity contribution in [3.63, 3.8) is 0 Å². The lowest BCUT2D eigenvalue weighted by Gasteiger charge is -2.35. The molecule has 1 heterocycles. The largest absolute Gasteiger partial charge is 0.496 e. The van der Waals surface area contributed by atoms with Crippen LogP contribution in [0.3, 0.4) is 0 Å². The van der Waals surface area contributed by atoms with E-state index in [2.05, 4.69) is 10.2 Å². The van der Waals surface area contributed by atoms with Crippen LogP contribution in [0.1, 0.15) is 15.9 Å². The number of carbonyl (C=O) groups is 1. The van der Waals surface area contributed by atoms with Gasteiger partial charge in [-0.15, -0.1) is 0 Å². The zero-order valence-corrected chi connectivity index (χ0v) is 19.3. The summed E-state index contributed by atoms with van der Waals surface area (Å²) in [7, 11) is -2.12. The van der Waals surface area contributed by atoms with E-state index in [0.29, 0.717) is 37.5 Å². The predicted molar refractivity (Wildman–Crippen MR) is 128 cm³/mol. The van der Waals surface area contributed by atoms with Crippen molar-refractivity contribution in [2.24, 2.45) is 0 Å². The van der Waals surface area contributed by atoms with Gasteiger partial charge in [0.15, 0.2) is 0 Å². The van der Waals surface area contributed by atoms with Gasteiger partial charge in [0, 0.05) is 49.5 Å². The van der Waals surface area contributed by atoms with Gasteiger partial charge in [0.25, 0.3) is 5.91 Å². The summed E-state index contributed by atoms with van der Waals surface area (Å²) in [4.78, 5) is 15.0. The van der Waals surface area contributed by atoms with Crippen LogP contribution in [-0.4, -0.2) is 51.9 Å². The third-order valence-corrected chi connectivity index (χ3v) is 7.62. The average molecular weight is 466 g/mol. The highest BCUT2D eigenvalue weighted by Crippen LogP contribution is 2.22. The van der Waals surface area contributed by atoms with Crippen molar-refractivity contribution >= 4 is 21.6 Å². The maximum absolute atomic E-state index is 13.2. The van der Waals surface area contributed by atoms with Crippen molar-refractivity contribution in [2.45, 2.75) is 11.4 Å². The fourth-order valence-electron chi connectivity index (χ4n) is 3.90. The second-order valence-corrected chi connectivity index (χ2v) is 9.69. The van der Waals surface area contributed by atoms with E-state index in [0.717, 1.165) is 11.3 Å². The Balaban J connectivity index is 1.42. The van der Waals surface area contributed by atoms with Crippen molar-refractivity contribution < 1.29 is 17.9 Å². The molecule has 1 saturated heterocycles. The van der Waals surface area contributed by atoms with E-state index >= 15 is 0 Å². The Morgan fingerprint density at radius 2 is 1.61 bits per heavy atom. The Morgan fingerprint density at radius 3 is 2.33 bits per heavy atom. The minimum Gasteiger partial charge on any atom is -0.496 e. The first-order chi connectivity index (χ1) is 16.0. The zero-order chi connectivity index (χ0) is 23.3. The molecule has 0 atom stereocenters. The van der Waals surface area contributed by atoms with Gasteiger partial charge in [-0.1, -0.05) is 42.5 Å². The molecule has 0 spiro atoms. The van der Waals surface area contributed by atoms with Gasteiger partial charge in [0.1, 0.15) is 5.75 Å². The minimum absolute atomic E-state index is 0.126. The molecule has 3 aromatic carbocycles. The van der Waals surface area contributed by atoms with Crippen LogP contribution >= 0.6 is 0 Å². The molecule has 0 aliphatic carbocycles. The number of piperazine rings is 1. The Labute approximate surface area is 194 Å². The number of nitrogens with one attached hydrogen (secondary N) is 1. The monoisotopic (exact) mass is 465 g/mol. The first kappa shape index (κ1) is 22.8. The fraction of sp³-hybridized carbons (Fsp3) is 0.240. The lowest BCUT2D eigenvalue weighted by molar-refractivity contribution is 0.0950. The molecule has 0 radical (unpaired) electrons. The summed E-state index contributed by atoms with van der Waals surface area (Å²) in [5.74, 6) is 0.343. The molecule has 1 aliphatic rings. The molecule has 4 rings (SSSR count). The summed E-state index contributed by atoms with van der Waals surface area (Å²) in [5.41, 5.74) is 2.23. The number of hydrogen-bond donors (Lipinski definition) is 1. The van der Waals surface area contributed by atoms with Gasteiger partial charge in [-0.25, -0.2) is 8.42 Å². The Bertz CT molecular complexity index is 1210. The van der Waals surface area contributed by atoms with Crippen LogP contribution in [0, 0.1) is 0 Å². The molecule has 8 heteroatoms. The number of carbonyl (C=O) groups excluding carboxylic acids is 1. The number of rotatable bonds is 7. The maximum atomic E-state index is 13.2. The topological polar surface area (TPSA) is 78.9 Å². The first-order valence-electron chi connectivity index (χ1n) is 10.8. The molecular formula is C25H27N3O4S. The van der Waals surface area contributed by atoms with E-state index in [4.69, 9.17) is 4.74 Å². The third kappa shape index (κ3) is 5.18. The van der Waals surface area contributed by atoms with E-state index in [9.17, 15) is 13.2 Å². The molecule has 33 heavy (non-hydrogen) atoms. The molecule has 7 nitrogen and oxygen atoms in total. The smallest absolute Gasteiger partial charge is 0.251 e. The molecule has 0 bridgehead atoms.